The van der Waals surface area contributed by atoms with Gasteiger partial charge >= 0.3 is 0 Å². The number of thioether (sulfide) groups is 1. The van der Waals surface area contributed by atoms with Crippen LogP contribution >= 0.6 is 23.1 Å². The second-order valence-electron chi connectivity index (χ2n) is 5.91. The number of nitrogens with one attached hydrogen (secondary N) is 1. The number of nitrogens with zero attached hydrogens (tertiary/aromatic N) is 1. The average Bonchev–Trinajstić information content (AvgIpc) is 2.76. The van der Waals surface area contributed by atoms with Gasteiger partial charge in [0.25, 0.3) is 0 Å². The summed E-state index contributed by atoms with van der Waals surface area (Å²) in [4.78, 5) is 13.5. The summed E-state index contributed by atoms with van der Waals surface area (Å²) in [6, 6.07) is 12.4. The monoisotopic (exact) mass is 356 g/mol. The number of rotatable bonds is 5. The van der Waals surface area contributed by atoms with Crippen LogP contribution in [0, 0.1) is 11.3 Å². The molecule has 124 valence electrons. The van der Waals surface area contributed by atoms with Gasteiger partial charge in [0.05, 0.1) is 11.3 Å². The van der Waals surface area contributed by atoms with Crippen LogP contribution in [-0.2, 0) is 23.4 Å². The van der Waals surface area contributed by atoms with E-state index in [0.717, 1.165) is 30.0 Å². The first-order valence-electron chi connectivity index (χ1n) is 8.24. The molecular formula is C19H20N2OS2. The van der Waals surface area contributed by atoms with E-state index in [9.17, 15) is 10.1 Å². The molecule has 0 aliphatic heterocycles. The van der Waals surface area contributed by atoms with E-state index >= 15 is 0 Å². The highest BCUT2D eigenvalue weighted by atomic mass is 32.2. The largest absolute Gasteiger partial charge is 0.316 e. The van der Waals surface area contributed by atoms with Crippen molar-refractivity contribution in [3.8, 4) is 6.07 Å². The number of nitriles is 1. The Morgan fingerprint density at radius 2 is 2.00 bits per heavy atom. The third-order valence-corrected chi connectivity index (χ3v) is 6.34. The lowest BCUT2D eigenvalue weighted by atomic mass is 10.1. The smallest absolute Gasteiger partial charge is 0.235 e. The van der Waals surface area contributed by atoms with Gasteiger partial charge in [-0.2, -0.15) is 5.26 Å². The summed E-state index contributed by atoms with van der Waals surface area (Å²) in [5, 5.41) is 13.2. The number of anilines is 1. The molecule has 1 amide bonds. The molecule has 0 bridgehead atoms. The highest BCUT2D eigenvalue weighted by molar-refractivity contribution is 7.99. The SMILES string of the molecule is N#Cc1c(NC(=O)CSCc2ccccc2)sc2c1CCCCC2. The van der Waals surface area contributed by atoms with Crippen LogP contribution in [0.5, 0.6) is 0 Å². The Kier molecular flexibility index (Phi) is 5.95. The first kappa shape index (κ1) is 17.1. The van der Waals surface area contributed by atoms with E-state index in [-0.39, 0.29) is 5.91 Å². The summed E-state index contributed by atoms with van der Waals surface area (Å²) in [6.45, 7) is 0. The molecule has 0 unspecified atom stereocenters. The first-order valence-corrected chi connectivity index (χ1v) is 10.2. The number of hydrogen-bond acceptors (Lipinski definition) is 4. The number of aryl methyl sites for hydroxylation is 1. The van der Waals surface area contributed by atoms with E-state index in [4.69, 9.17) is 0 Å². The molecule has 0 spiro atoms. The fourth-order valence-corrected chi connectivity index (χ4v) is 4.99. The minimum Gasteiger partial charge on any atom is -0.316 e. The average molecular weight is 357 g/mol. The molecule has 1 aliphatic carbocycles. The fraction of sp³-hybridized carbons (Fsp3) is 0.368. The lowest BCUT2D eigenvalue weighted by Gasteiger charge is -2.04. The quantitative estimate of drug-likeness (QED) is 0.786. The van der Waals surface area contributed by atoms with Gasteiger partial charge in [0.2, 0.25) is 5.91 Å². The molecule has 1 aromatic carbocycles. The molecule has 1 aliphatic rings. The third kappa shape index (κ3) is 4.19. The zero-order valence-corrected chi connectivity index (χ0v) is 15.1. The Hall–Kier alpha value is -1.77. The zero-order chi connectivity index (χ0) is 16.8. The standard InChI is InChI=1S/C19H20N2OS2/c20-11-16-15-9-5-2-6-10-17(15)24-19(16)21-18(22)13-23-12-14-7-3-1-4-8-14/h1,3-4,7-8H,2,5-6,9-10,12-13H2,(H,21,22). The normalized spacial score (nSPS) is 13.6. The van der Waals surface area contributed by atoms with Crippen LogP contribution < -0.4 is 5.32 Å². The van der Waals surface area contributed by atoms with Gasteiger partial charge in [-0.3, -0.25) is 4.79 Å². The molecule has 2 aromatic rings. The number of carbonyl (C=O) groups excluding carboxylic acids is 1. The van der Waals surface area contributed by atoms with Crippen LogP contribution in [0.4, 0.5) is 5.00 Å². The van der Waals surface area contributed by atoms with Gasteiger partial charge in [0, 0.05) is 10.6 Å². The lowest BCUT2D eigenvalue weighted by Crippen LogP contribution is -2.14. The molecular weight excluding hydrogens is 336 g/mol. The van der Waals surface area contributed by atoms with Crippen molar-refractivity contribution in [3.05, 3.63) is 51.9 Å². The van der Waals surface area contributed by atoms with E-state index in [1.165, 1.54) is 28.8 Å². The topological polar surface area (TPSA) is 52.9 Å². The summed E-state index contributed by atoms with van der Waals surface area (Å²) in [7, 11) is 0. The van der Waals surface area contributed by atoms with Gasteiger partial charge in [-0.25, -0.2) is 0 Å². The zero-order valence-electron chi connectivity index (χ0n) is 13.5. The Bertz CT molecular complexity index is 747. The van der Waals surface area contributed by atoms with Gasteiger partial charge < -0.3 is 5.32 Å². The molecule has 0 radical (unpaired) electrons. The van der Waals surface area contributed by atoms with Crippen LogP contribution in [-0.4, -0.2) is 11.7 Å². The second kappa shape index (κ2) is 8.36. The summed E-state index contributed by atoms with van der Waals surface area (Å²) in [5.41, 5.74) is 3.08. The lowest BCUT2D eigenvalue weighted by molar-refractivity contribution is -0.113. The molecule has 24 heavy (non-hydrogen) atoms. The van der Waals surface area contributed by atoms with E-state index in [2.05, 4.69) is 23.5 Å². The second-order valence-corrected chi connectivity index (χ2v) is 8.00. The Morgan fingerprint density at radius 3 is 2.79 bits per heavy atom. The van der Waals surface area contributed by atoms with Gasteiger partial charge in [-0.15, -0.1) is 23.1 Å². The molecule has 5 heteroatoms. The fourth-order valence-electron chi connectivity index (χ4n) is 2.95. The highest BCUT2D eigenvalue weighted by Gasteiger charge is 2.20. The third-order valence-electron chi connectivity index (χ3n) is 4.13. The number of hydrogen-bond donors (Lipinski definition) is 1. The number of benzene rings is 1. The minimum atomic E-state index is -0.0242. The molecule has 1 N–H and O–H groups in total. The summed E-state index contributed by atoms with van der Waals surface area (Å²) < 4.78 is 0. The number of thiophene rings is 1. The van der Waals surface area contributed by atoms with Crippen molar-refractivity contribution in [2.24, 2.45) is 0 Å². The van der Waals surface area contributed by atoms with Crippen molar-refractivity contribution in [3.63, 3.8) is 0 Å². The maximum absolute atomic E-state index is 12.2. The van der Waals surface area contributed by atoms with Gasteiger partial charge in [0.15, 0.2) is 0 Å². The first-order chi connectivity index (χ1) is 11.8. The van der Waals surface area contributed by atoms with E-state index in [1.54, 1.807) is 23.1 Å². The minimum absolute atomic E-state index is 0.0242. The number of amides is 1. The molecule has 1 aromatic heterocycles. The molecule has 3 nitrogen and oxygen atoms in total. The van der Waals surface area contributed by atoms with E-state index in [0.29, 0.717) is 11.3 Å². The van der Waals surface area contributed by atoms with Crippen molar-refractivity contribution < 1.29 is 4.79 Å². The number of fused-ring (bicyclic) bond motifs is 1. The van der Waals surface area contributed by atoms with Crippen molar-refractivity contribution in [1.29, 1.82) is 5.26 Å². The van der Waals surface area contributed by atoms with E-state index < -0.39 is 0 Å². The maximum Gasteiger partial charge on any atom is 0.235 e. The van der Waals surface area contributed by atoms with Crippen molar-refractivity contribution in [1.82, 2.24) is 0 Å². The Labute approximate surface area is 151 Å². The van der Waals surface area contributed by atoms with Crippen LogP contribution in [0.25, 0.3) is 0 Å². The van der Waals surface area contributed by atoms with Gasteiger partial charge in [0.1, 0.15) is 11.1 Å². The predicted octanol–water partition coefficient (Wildman–Crippen LogP) is 4.76. The predicted molar refractivity (Wildman–Crippen MR) is 102 cm³/mol. The summed E-state index contributed by atoms with van der Waals surface area (Å²) in [5.74, 6) is 1.20. The maximum atomic E-state index is 12.2. The van der Waals surface area contributed by atoms with Crippen LogP contribution in [0.1, 0.15) is 40.8 Å². The van der Waals surface area contributed by atoms with Crippen LogP contribution in [0.15, 0.2) is 30.3 Å². The molecule has 0 fully saturated rings. The molecule has 1 heterocycles. The van der Waals surface area contributed by atoms with Crippen molar-refractivity contribution in [2.45, 2.75) is 37.9 Å². The Morgan fingerprint density at radius 1 is 1.21 bits per heavy atom. The summed E-state index contributed by atoms with van der Waals surface area (Å²) >= 11 is 3.19. The summed E-state index contributed by atoms with van der Waals surface area (Å²) in [6.07, 6.45) is 5.54. The van der Waals surface area contributed by atoms with Crippen molar-refractivity contribution in [2.75, 3.05) is 11.1 Å². The van der Waals surface area contributed by atoms with Gasteiger partial charge in [-0.05, 0) is 36.8 Å². The van der Waals surface area contributed by atoms with Crippen molar-refractivity contribution >= 4 is 34.0 Å². The number of carbonyl (C=O) groups is 1. The molecule has 0 atom stereocenters. The van der Waals surface area contributed by atoms with Crippen LogP contribution in [0.2, 0.25) is 0 Å². The highest BCUT2D eigenvalue weighted by Crippen LogP contribution is 2.37. The molecule has 0 saturated heterocycles. The van der Waals surface area contributed by atoms with E-state index in [1.807, 2.05) is 18.2 Å². The van der Waals surface area contributed by atoms with Crippen LogP contribution in [0.3, 0.4) is 0 Å². The Balaban J connectivity index is 1.59. The molecule has 3 rings (SSSR count). The van der Waals surface area contributed by atoms with Gasteiger partial charge in [-0.1, -0.05) is 36.8 Å². The molecule has 0 saturated carbocycles.